The minimum absolute atomic E-state index is 0.580. The number of methoxy groups -OCH3 is 2. The lowest BCUT2D eigenvalue weighted by atomic mass is 10.00. The summed E-state index contributed by atoms with van der Waals surface area (Å²) in [5, 5.41) is 3.53. The predicted octanol–water partition coefficient (Wildman–Crippen LogP) is 2.77. The van der Waals surface area contributed by atoms with Gasteiger partial charge in [0.15, 0.2) is 0 Å². The number of hydrogen-bond donors (Lipinski definition) is 1. The predicted molar refractivity (Wildman–Crippen MR) is 73.1 cm³/mol. The highest BCUT2D eigenvalue weighted by Gasteiger charge is 2.15. The molecule has 0 aromatic carbocycles. The van der Waals surface area contributed by atoms with Gasteiger partial charge in [0.1, 0.15) is 5.76 Å². The van der Waals surface area contributed by atoms with Crippen LogP contribution in [0.4, 0.5) is 0 Å². The summed E-state index contributed by atoms with van der Waals surface area (Å²) in [6.07, 6.45) is 11.0. The highest BCUT2D eigenvalue weighted by atomic mass is 16.5. The van der Waals surface area contributed by atoms with E-state index < -0.39 is 0 Å². The lowest BCUT2D eigenvalue weighted by Gasteiger charge is -2.16. The SMILES string of the molecule is COC1=CCC(CNCC2=C(OC)CCC2)C=C1. The van der Waals surface area contributed by atoms with E-state index in [4.69, 9.17) is 9.47 Å². The molecule has 3 heteroatoms. The van der Waals surface area contributed by atoms with Crippen molar-refractivity contribution in [1.29, 1.82) is 0 Å². The minimum Gasteiger partial charge on any atom is -0.501 e. The van der Waals surface area contributed by atoms with E-state index in [1.165, 1.54) is 24.2 Å². The molecule has 1 unspecified atom stereocenters. The van der Waals surface area contributed by atoms with Crippen LogP contribution in [-0.2, 0) is 9.47 Å². The van der Waals surface area contributed by atoms with Crippen LogP contribution in [0.15, 0.2) is 35.3 Å². The van der Waals surface area contributed by atoms with E-state index in [1.54, 1.807) is 14.2 Å². The first kappa shape index (κ1) is 13.2. The van der Waals surface area contributed by atoms with Gasteiger partial charge < -0.3 is 14.8 Å². The van der Waals surface area contributed by atoms with Crippen molar-refractivity contribution < 1.29 is 9.47 Å². The third kappa shape index (κ3) is 3.39. The van der Waals surface area contributed by atoms with E-state index in [0.29, 0.717) is 5.92 Å². The minimum atomic E-state index is 0.580. The van der Waals surface area contributed by atoms with Crippen LogP contribution in [0.25, 0.3) is 0 Å². The van der Waals surface area contributed by atoms with Crippen LogP contribution in [0.2, 0.25) is 0 Å². The van der Waals surface area contributed by atoms with Crippen molar-refractivity contribution in [3.05, 3.63) is 35.3 Å². The molecule has 2 aliphatic rings. The molecule has 1 atom stereocenters. The maximum absolute atomic E-state index is 5.39. The van der Waals surface area contributed by atoms with Crippen molar-refractivity contribution >= 4 is 0 Å². The first-order valence-corrected chi connectivity index (χ1v) is 6.71. The Morgan fingerprint density at radius 3 is 2.83 bits per heavy atom. The van der Waals surface area contributed by atoms with E-state index in [9.17, 15) is 0 Å². The summed E-state index contributed by atoms with van der Waals surface area (Å²) in [5.41, 5.74) is 1.45. The van der Waals surface area contributed by atoms with Gasteiger partial charge in [-0.15, -0.1) is 0 Å². The Morgan fingerprint density at radius 1 is 1.28 bits per heavy atom. The Kier molecular flexibility index (Phi) is 4.88. The van der Waals surface area contributed by atoms with Crippen LogP contribution in [0.3, 0.4) is 0 Å². The third-order valence-corrected chi connectivity index (χ3v) is 3.66. The van der Waals surface area contributed by atoms with Gasteiger partial charge in [-0.25, -0.2) is 0 Å². The summed E-state index contributed by atoms with van der Waals surface area (Å²) in [6.45, 7) is 1.98. The van der Waals surface area contributed by atoms with Gasteiger partial charge in [0, 0.05) is 19.5 Å². The molecular weight excluding hydrogens is 226 g/mol. The molecule has 0 aromatic heterocycles. The standard InChI is InChI=1S/C15H23NO2/c1-17-14-8-6-12(7-9-14)10-16-11-13-4-3-5-15(13)18-2/h6,8-9,12,16H,3-5,7,10-11H2,1-2H3. The van der Waals surface area contributed by atoms with E-state index in [-0.39, 0.29) is 0 Å². The average Bonchev–Trinajstić information content (AvgIpc) is 2.87. The number of allylic oxidation sites excluding steroid dienone is 3. The van der Waals surface area contributed by atoms with Gasteiger partial charge in [-0.05, 0) is 42.9 Å². The molecule has 0 radical (unpaired) electrons. The Labute approximate surface area is 110 Å². The zero-order valence-electron chi connectivity index (χ0n) is 11.4. The molecule has 0 heterocycles. The fraction of sp³-hybridized carbons (Fsp3) is 0.600. The first-order chi connectivity index (χ1) is 8.83. The molecule has 0 aliphatic heterocycles. The monoisotopic (exact) mass is 249 g/mol. The summed E-state index contributed by atoms with van der Waals surface area (Å²) >= 11 is 0. The highest BCUT2D eigenvalue weighted by molar-refractivity contribution is 5.19. The van der Waals surface area contributed by atoms with Gasteiger partial charge in [-0.1, -0.05) is 6.08 Å². The number of ether oxygens (including phenoxy) is 2. The Bertz CT molecular complexity index is 369. The summed E-state index contributed by atoms with van der Waals surface area (Å²) in [4.78, 5) is 0. The van der Waals surface area contributed by atoms with Crippen molar-refractivity contribution in [3.63, 3.8) is 0 Å². The van der Waals surface area contributed by atoms with Crippen LogP contribution in [-0.4, -0.2) is 27.3 Å². The molecule has 0 spiro atoms. The molecule has 2 aliphatic carbocycles. The molecule has 0 fully saturated rings. The lowest BCUT2D eigenvalue weighted by Crippen LogP contribution is -2.24. The van der Waals surface area contributed by atoms with Crippen LogP contribution < -0.4 is 5.32 Å². The zero-order valence-corrected chi connectivity index (χ0v) is 11.4. The van der Waals surface area contributed by atoms with E-state index in [1.807, 2.05) is 0 Å². The molecule has 2 rings (SSSR count). The normalized spacial score (nSPS) is 23.2. The van der Waals surface area contributed by atoms with E-state index >= 15 is 0 Å². The zero-order chi connectivity index (χ0) is 12.8. The first-order valence-electron chi connectivity index (χ1n) is 6.71. The van der Waals surface area contributed by atoms with Gasteiger partial charge in [0.2, 0.25) is 0 Å². The van der Waals surface area contributed by atoms with Gasteiger partial charge >= 0.3 is 0 Å². The molecular formula is C15H23NO2. The third-order valence-electron chi connectivity index (χ3n) is 3.66. The Hall–Kier alpha value is -1.22. The second-order valence-corrected chi connectivity index (χ2v) is 4.88. The van der Waals surface area contributed by atoms with Crippen molar-refractivity contribution in [2.45, 2.75) is 25.7 Å². The molecule has 0 bridgehead atoms. The quantitative estimate of drug-likeness (QED) is 0.785. The highest BCUT2D eigenvalue weighted by Crippen LogP contribution is 2.25. The molecule has 18 heavy (non-hydrogen) atoms. The lowest BCUT2D eigenvalue weighted by molar-refractivity contribution is 0.279. The topological polar surface area (TPSA) is 30.5 Å². The van der Waals surface area contributed by atoms with Crippen molar-refractivity contribution in [2.75, 3.05) is 27.3 Å². The molecule has 3 nitrogen and oxygen atoms in total. The average molecular weight is 249 g/mol. The number of rotatable bonds is 6. The van der Waals surface area contributed by atoms with Gasteiger partial charge in [-0.2, -0.15) is 0 Å². The van der Waals surface area contributed by atoms with Crippen LogP contribution in [0.1, 0.15) is 25.7 Å². The second-order valence-electron chi connectivity index (χ2n) is 4.88. The molecule has 100 valence electrons. The van der Waals surface area contributed by atoms with Crippen molar-refractivity contribution in [2.24, 2.45) is 5.92 Å². The van der Waals surface area contributed by atoms with Crippen molar-refractivity contribution in [3.8, 4) is 0 Å². The molecule has 1 N–H and O–H groups in total. The van der Waals surface area contributed by atoms with Crippen molar-refractivity contribution in [1.82, 2.24) is 5.32 Å². The number of hydrogen-bond acceptors (Lipinski definition) is 3. The van der Waals surface area contributed by atoms with Gasteiger partial charge in [0.05, 0.1) is 20.0 Å². The fourth-order valence-corrected chi connectivity index (χ4v) is 2.57. The summed E-state index contributed by atoms with van der Waals surface area (Å²) in [7, 11) is 3.50. The maximum atomic E-state index is 5.39. The smallest absolute Gasteiger partial charge is 0.114 e. The van der Waals surface area contributed by atoms with Crippen LogP contribution in [0, 0.1) is 5.92 Å². The van der Waals surface area contributed by atoms with E-state index in [2.05, 4.69) is 23.5 Å². The second kappa shape index (κ2) is 6.64. The largest absolute Gasteiger partial charge is 0.501 e. The summed E-state index contributed by atoms with van der Waals surface area (Å²) in [5.74, 6) is 2.76. The Morgan fingerprint density at radius 2 is 2.17 bits per heavy atom. The Balaban J connectivity index is 1.71. The van der Waals surface area contributed by atoms with Crippen LogP contribution >= 0.6 is 0 Å². The molecule has 0 aromatic rings. The van der Waals surface area contributed by atoms with Crippen LogP contribution in [0.5, 0.6) is 0 Å². The van der Waals surface area contributed by atoms with E-state index in [0.717, 1.165) is 31.7 Å². The summed E-state index contributed by atoms with van der Waals surface area (Å²) < 4.78 is 10.6. The molecule has 0 saturated heterocycles. The van der Waals surface area contributed by atoms with Gasteiger partial charge in [-0.3, -0.25) is 0 Å². The number of nitrogens with one attached hydrogen (secondary N) is 1. The molecule has 0 amide bonds. The van der Waals surface area contributed by atoms with Gasteiger partial charge in [0.25, 0.3) is 0 Å². The molecule has 0 saturated carbocycles. The maximum Gasteiger partial charge on any atom is 0.114 e. The summed E-state index contributed by atoms with van der Waals surface area (Å²) in [6, 6.07) is 0. The fourth-order valence-electron chi connectivity index (χ4n) is 2.57.